The molecule has 136 valence electrons. The summed E-state index contributed by atoms with van der Waals surface area (Å²) in [6, 6.07) is 18.1. The van der Waals surface area contributed by atoms with Crippen LogP contribution in [0, 0.1) is 0 Å². The number of aryl methyl sites for hydroxylation is 1. The quantitative estimate of drug-likeness (QED) is 0.752. The van der Waals surface area contributed by atoms with Crippen molar-refractivity contribution >= 4 is 33.6 Å². The van der Waals surface area contributed by atoms with Crippen LogP contribution >= 0.6 is 0 Å². The van der Waals surface area contributed by atoms with Crippen LogP contribution < -0.4 is 4.90 Å². The molecule has 0 aliphatic carbocycles. The van der Waals surface area contributed by atoms with Crippen LogP contribution in [0.15, 0.2) is 66.7 Å². The number of fused-ring (bicyclic) bond motifs is 2. The Morgan fingerprint density at radius 2 is 1.85 bits per heavy atom. The van der Waals surface area contributed by atoms with E-state index >= 15 is 0 Å². The Bertz CT molecular complexity index is 1100. The molecule has 0 radical (unpaired) electrons. The molecule has 4 rings (SSSR count). The average molecular weight is 358 g/mol. The number of hydrogen-bond acceptors (Lipinski definition) is 2. The summed E-state index contributed by atoms with van der Waals surface area (Å²) in [4.78, 5) is 13.8. The van der Waals surface area contributed by atoms with Crippen molar-refractivity contribution in [1.29, 1.82) is 0 Å². The van der Waals surface area contributed by atoms with Gasteiger partial charge in [-0.1, -0.05) is 43.0 Å². The molecule has 2 heterocycles. The van der Waals surface area contributed by atoms with Gasteiger partial charge in [-0.2, -0.15) is 0 Å². The minimum atomic E-state index is -0.104. The molecule has 0 atom stereocenters. The zero-order valence-corrected chi connectivity index (χ0v) is 15.6. The lowest BCUT2D eigenvalue weighted by Gasteiger charge is -2.33. The Morgan fingerprint density at radius 3 is 2.56 bits per heavy atom. The van der Waals surface area contributed by atoms with Crippen LogP contribution in [-0.2, 0) is 11.8 Å². The van der Waals surface area contributed by atoms with Crippen LogP contribution in [0.25, 0.3) is 22.0 Å². The standard InChI is InChI=1S/C23H22N2O2/c1-15-13-25(16(2)27)21-11-7-5-9-18(21)23(15)19(14-26)22-12-17-8-4-6-10-20(17)24(22)3/h4-12,26H,1,13-14H2,2-3H3/b23-19+. The highest BCUT2D eigenvalue weighted by Gasteiger charge is 2.28. The van der Waals surface area contributed by atoms with Gasteiger partial charge in [0.25, 0.3) is 0 Å². The van der Waals surface area contributed by atoms with Crippen molar-refractivity contribution in [2.24, 2.45) is 7.05 Å². The molecule has 1 aliphatic heterocycles. The fourth-order valence-corrected chi connectivity index (χ4v) is 3.99. The summed E-state index contributed by atoms with van der Waals surface area (Å²) >= 11 is 0. The Hall–Kier alpha value is -3.11. The van der Waals surface area contributed by atoms with Gasteiger partial charge in [-0.15, -0.1) is 0 Å². The highest BCUT2D eigenvalue weighted by Crippen LogP contribution is 2.41. The number of aliphatic hydroxyl groups is 1. The number of carbonyl (C=O) groups excluding carboxylic acids is 1. The summed E-state index contributed by atoms with van der Waals surface area (Å²) in [5, 5.41) is 11.4. The molecule has 0 bridgehead atoms. The van der Waals surface area contributed by atoms with Crippen molar-refractivity contribution in [1.82, 2.24) is 4.57 Å². The molecule has 27 heavy (non-hydrogen) atoms. The van der Waals surface area contributed by atoms with Crippen molar-refractivity contribution < 1.29 is 9.90 Å². The van der Waals surface area contributed by atoms with E-state index in [1.807, 2.05) is 43.4 Å². The number of para-hydroxylation sites is 2. The fraction of sp³-hybridized carbons (Fsp3) is 0.174. The van der Waals surface area contributed by atoms with Crippen LogP contribution in [0.3, 0.4) is 0 Å². The first-order chi connectivity index (χ1) is 13.0. The molecule has 0 saturated carbocycles. The number of benzene rings is 2. The SMILES string of the molecule is C=C1CN(C(C)=O)c2ccccc2/C1=C(\CO)c1cc2ccccc2n1C. The van der Waals surface area contributed by atoms with Crippen molar-refractivity contribution in [3.05, 3.63) is 78.0 Å². The molecule has 4 nitrogen and oxygen atoms in total. The molecule has 1 aliphatic rings. The van der Waals surface area contributed by atoms with Crippen molar-refractivity contribution in [2.45, 2.75) is 6.92 Å². The summed E-state index contributed by atoms with van der Waals surface area (Å²) in [6.45, 7) is 6.12. The number of aliphatic hydroxyl groups excluding tert-OH is 1. The van der Waals surface area contributed by atoms with Crippen LogP contribution in [0.4, 0.5) is 5.69 Å². The Labute approximate surface area is 158 Å². The minimum Gasteiger partial charge on any atom is -0.392 e. The van der Waals surface area contributed by atoms with Gasteiger partial charge in [-0.3, -0.25) is 4.79 Å². The molecule has 0 saturated heterocycles. The number of nitrogens with zero attached hydrogens (tertiary/aromatic N) is 2. The number of rotatable bonds is 2. The van der Waals surface area contributed by atoms with Gasteiger partial charge < -0.3 is 14.6 Å². The van der Waals surface area contributed by atoms with Gasteiger partial charge in [-0.05, 0) is 29.3 Å². The van der Waals surface area contributed by atoms with E-state index in [1.54, 1.807) is 11.8 Å². The van der Waals surface area contributed by atoms with E-state index in [0.717, 1.165) is 44.6 Å². The van der Waals surface area contributed by atoms with Gasteiger partial charge in [0, 0.05) is 41.7 Å². The number of aromatic nitrogens is 1. The van der Waals surface area contributed by atoms with E-state index in [4.69, 9.17) is 0 Å². The van der Waals surface area contributed by atoms with E-state index in [0.29, 0.717) is 6.54 Å². The number of hydrogen-bond donors (Lipinski definition) is 1. The highest BCUT2D eigenvalue weighted by molar-refractivity contribution is 6.08. The average Bonchev–Trinajstić information content (AvgIpc) is 3.00. The second kappa shape index (κ2) is 6.56. The topological polar surface area (TPSA) is 45.5 Å². The molecule has 0 spiro atoms. The summed E-state index contributed by atoms with van der Waals surface area (Å²) < 4.78 is 2.10. The Kier molecular flexibility index (Phi) is 4.21. The van der Waals surface area contributed by atoms with Crippen molar-refractivity contribution in [3.8, 4) is 0 Å². The zero-order chi connectivity index (χ0) is 19.1. The third-order valence-electron chi connectivity index (χ3n) is 5.27. The van der Waals surface area contributed by atoms with E-state index in [9.17, 15) is 9.90 Å². The van der Waals surface area contributed by atoms with Crippen LogP contribution in [0.5, 0.6) is 0 Å². The van der Waals surface area contributed by atoms with Crippen LogP contribution in [0.1, 0.15) is 18.2 Å². The van der Waals surface area contributed by atoms with E-state index in [-0.39, 0.29) is 12.5 Å². The van der Waals surface area contributed by atoms with Gasteiger partial charge in [0.1, 0.15) is 0 Å². The molecule has 2 aromatic carbocycles. The van der Waals surface area contributed by atoms with E-state index < -0.39 is 0 Å². The lowest BCUT2D eigenvalue weighted by molar-refractivity contribution is -0.116. The lowest BCUT2D eigenvalue weighted by Crippen LogP contribution is -2.34. The molecule has 1 N–H and O–H groups in total. The molecule has 1 amide bonds. The maximum atomic E-state index is 12.1. The van der Waals surface area contributed by atoms with Crippen molar-refractivity contribution in [2.75, 3.05) is 18.1 Å². The fourth-order valence-electron chi connectivity index (χ4n) is 3.99. The first-order valence-corrected chi connectivity index (χ1v) is 8.97. The lowest BCUT2D eigenvalue weighted by atomic mass is 9.87. The summed E-state index contributed by atoms with van der Waals surface area (Å²) in [5.74, 6) is -0.0159. The number of anilines is 1. The summed E-state index contributed by atoms with van der Waals surface area (Å²) in [7, 11) is 2.01. The Morgan fingerprint density at radius 1 is 1.15 bits per heavy atom. The van der Waals surface area contributed by atoms with Crippen LogP contribution in [0.2, 0.25) is 0 Å². The van der Waals surface area contributed by atoms with Crippen LogP contribution in [-0.4, -0.2) is 28.7 Å². The molecule has 1 aromatic heterocycles. The van der Waals surface area contributed by atoms with Gasteiger partial charge >= 0.3 is 0 Å². The second-order valence-corrected chi connectivity index (χ2v) is 6.88. The Balaban J connectivity index is 2.01. The molecule has 3 aromatic rings. The third kappa shape index (κ3) is 2.69. The van der Waals surface area contributed by atoms with E-state index in [2.05, 4.69) is 29.3 Å². The largest absolute Gasteiger partial charge is 0.392 e. The number of amides is 1. The zero-order valence-electron chi connectivity index (χ0n) is 15.6. The van der Waals surface area contributed by atoms with Gasteiger partial charge in [0.2, 0.25) is 5.91 Å². The van der Waals surface area contributed by atoms with Crippen molar-refractivity contribution in [3.63, 3.8) is 0 Å². The minimum absolute atomic E-state index is 0.0159. The first-order valence-electron chi connectivity index (χ1n) is 8.97. The first kappa shape index (κ1) is 17.3. The monoisotopic (exact) mass is 358 g/mol. The third-order valence-corrected chi connectivity index (χ3v) is 5.27. The predicted molar refractivity (Wildman–Crippen MR) is 110 cm³/mol. The van der Waals surface area contributed by atoms with Gasteiger partial charge in [-0.25, -0.2) is 0 Å². The normalized spacial score (nSPS) is 15.8. The van der Waals surface area contributed by atoms with E-state index in [1.165, 1.54) is 0 Å². The maximum Gasteiger partial charge on any atom is 0.224 e. The highest BCUT2D eigenvalue weighted by atomic mass is 16.3. The predicted octanol–water partition coefficient (Wildman–Crippen LogP) is 4.00. The van der Waals surface area contributed by atoms with Gasteiger partial charge in [0.05, 0.1) is 18.8 Å². The molecule has 0 unspecified atom stereocenters. The maximum absolute atomic E-state index is 12.1. The molecule has 0 fully saturated rings. The second-order valence-electron chi connectivity index (χ2n) is 6.88. The number of carbonyl (C=O) groups is 1. The molecule has 4 heteroatoms. The van der Waals surface area contributed by atoms with Gasteiger partial charge in [0.15, 0.2) is 0 Å². The summed E-state index contributed by atoms with van der Waals surface area (Å²) in [5.41, 5.74) is 6.44. The smallest absolute Gasteiger partial charge is 0.224 e. The molecular weight excluding hydrogens is 336 g/mol. The summed E-state index contributed by atoms with van der Waals surface area (Å²) in [6.07, 6.45) is 0. The molecular formula is C23H22N2O2.